The molecule has 0 bridgehead atoms. The minimum Gasteiger partial charge on any atom is -0.756 e. The molecule has 1 amide bonds. The number of hydrogen-bond donors (Lipinski definition) is 1. The third-order valence-corrected chi connectivity index (χ3v) is 14.6. The fourth-order valence-corrected chi connectivity index (χ4v) is 9.37. The van der Waals surface area contributed by atoms with Crippen molar-refractivity contribution in [1.82, 2.24) is 5.32 Å². The van der Waals surface area contributed by atoms with Crippen LogP contribution < -0.4 is 10.2 Å². The molecule has 0 heterocycles. The molecule has 0 aliphatic carbocycles. The quantitative estimate of drug-likeness (QED) is 0.0212. The summed E-state index contributed by atoms with van der Waals surface area (Å²) >= 11 is 0. The summed E-state index contributed by atoms with van der Waals surface area (Å²) in [6.45, 7) is 6.66. The summed E-state index contributed by atoms with van der Waals surface area (Å²) in [4.78, 5) is 40.1. The monoisotopic (exact) mass is 1130 g/mol. The highest BCUT2D eigenvalue weighted by Crippen LogP contribution is 2.38. The Bertz CT molecular complexity index is 1780. The van der Waals surface area contributed by atoms with Crippen molar-refractivity contribution in [2.75, 3.05) is 40.9 Å². The topological polar surface area (TPSA) is 114 Å². The van der Waals surface area contributed by atoms with Gasteiger partial charge in [-0.15, -0.1) is 0 Å². The third-order valence-electron chi connectivity index (χ3n) is 13.6. The lowest BCUT2D eigenvalue weighted by Gasteiger charge is -2.30. The SMILES string of the molecule is CC/C=C\C/C=C\C/C=C\C/C=C\C/C=C\C/C=C\CCCCCCC(=O)NC(COP(=O)([O-])OCC[N+](C)(C)C)C(/C=C\CCCCCCCCCCCC)OC(=O)CCCCCCCC/C=C\C/C=C\C/C=C\CCCCC. The van der Waals surface area contributed by atoms with E-state index in [1.54, 1.807) is 0 Å². The number of allylic oxidation sites excluding steroid dienone is 19. The van der Waals surface area contributed by atoms with Gasteiger partial charge in [0.2, 0.25) is 5.91 Å². The molecule has 80 heavy (non-hydrogen) atoms. The number of likely N-dealkylation sites (N-methyl/N-ethyl adjacent to an activating group) is 1. The van der Waals surface area contributed by atoms with Gasteiger partial charge in [0.15, 0.2) is 0 Å². The molecule has 3 atom stereocenters. The van der Waals surface area contributed by atoms with E-state index >= 15 is 0 Å². The van der Waals surface area contributed by atoms with E-state index in [4.69, 9.17) is 13.8 Å². The summed E-state index contributed by atoms with van der Waals surface area (Å²) in [5, 5.41) is 3.01. The van der Waals surface area contributed by atoms with Gasteiger partial charge in [0.05, 0.1) is 33.8 Å². The molecular formula is C70H121N2O7P. The van der Waals surface area contributed by atoms with Crippen molar-refractivity contribution in [1.29, 1.82) is 0 Å². The Morgan fingerprint density at radius 3 is 1.23 bits per heavy atom. The Morgan fingerprint density at radius 1 is 0.450 bits per heavy atom. The summed E-state index contributed by atoms with van der Waals surface area (Å²) in [6.07, 6.45) is 81.6. The number of ether oxygens (including phenoxy) is 1. The van der Waals surface area contributed by atoms with Gasteiger partial charge in [0.25, 0.3) is 7.82 Å². The Balaban J connectivity index is 5.30. The predicted octanol–water partition coefficient (Wildman–Crippen LogP) is 19.6. The Morgan fingerprint density at radius 2 is 0.800 bits per heavy atom. The fraction of sp³-hybridized carbons (Fsp3) is 0.686. The molecule has 3 unspecified atom stereocenters. The maximum Gasteiger partial charge on any atom is 0.306 e. The van der Waals surface area contributed by atoms with Crippen molar-refractivity contribution in [3.63, 3.8) is 0 Å². The molecule has 0 aliphatic rings. The van der Waals surface area contributed by atoms with Gasteiger partial charge in [0, 0.05) is 12.8 Å². The molecule has 0 aromatic rings. The van der Waals surface area contributed by atoms with Crippen LogP contribution in [0.15, 0.2) is 122 Å². The Labute approximate surface area is 493 Å². The highest BCUT2D eigenvalue weighted by atomic mass is 31.2. The highest BCUT2D eigenvalue weighted by Gasteiger charge is 2.27. The molecular weight excluding hydrogens is 1010 g/mol. The largest absolute Gasteiger partial charge is 0.756 e. The molecule has 0 rings (SSSR count). The van der Waals surface area contributed by atoms with Crippen LogP contribution in [0.5, 0.6) is 0 Å². The number of phosphoric ester groups is 1. The Hall–Kier alpha value is -3.59. The van der Waals surface area contributed by atoms with E-state index in [-0.39, 0.29) is 31.3 Å². The maximum absolute atomic E-state index is 13.6. The first-order chi connectivity index (χ1) is 38.9. The summed E-state index contributed by atoms with van der Waals surface area (Å²) in [5.74, 6) is -0.591. The standard InChI is InChI=1S/C70H121N2O7P/c1-7-10-13-16-19-22-25-28-30-32-34-35-36-37-39-40-42-44-47-50-53-56-59-62-69(73)71-67(66-78-80(75,76)77-65-64-72(4,5)6)68(61-58-55-52-49-46-27-24-21-18-15-12-9-3)79-70(74)63-60-57-54-51-48-45-43-41-38-33-31-29-26-23-20-17-14-11-8-2/h10,13,19-20,22-23,28-31,34-35,37-39,41-42,44,58,61,67-68H,7-9,11-12,14-18,21,24-27,32-33,36,40,43,45-57,59-60,62-66H2,1-6H3,(H-,71,73,75,76)/b13-10-,22-19-,23-20-,30-28-,31-29-,35-34-,39-37-,41-38-,44-42-,61-58-. The second kappa shape index (κ2) is 58.6. The highest BCUT2D eigenvalue weighted by molar-refractivity contribution is 7.45. The summed E-state index contributed by atoms with van der Waals surface area (Å²) in [6, 6.07) is -0.917. The molecule has 10 heteroatoms. The molecule has 1 N–H and O–H groups in total. The molecule has 0 spiro atoms. The van der Waals surface area contributed by atoms with Gasteiger partial charge in [-0.3, -0.25) is 14.2 Å². The first-order valence-electron chi connectivity index (χ1n) is 32.3. The van der Waals surface area contributed by atoms with Crippen LogP contribution in [0.25, 0.3) is 0 Å². The van der Waals surface area contributed by atoms with Gasteiger partial charge < -0.3 is 28.5 Å². The molecule has 0 aromatic carbocycles. The molecule has 458 valence electrons. The lowest BCUT2D eigenvalue weighted by Crippen LogP contribution is -2.47. The van der Waals surface area contributed by atoms with Crippen molar-refractivity contribution in [2.45, 2.75) is 270 Å². The number of quaternary nitrogens is 1. The zero-order valence-corrected chi connectivity index (χ0v) is 53.1. The molecule has 0 saturated carbocycles. The van der Waals surface area contributed by atoms with Gasteiger partial charge in [-0.1, -0.05) is 245 Å². The van der Waals surface area contributed by atoms with E-state index in [0.717, 1.165) is 135 Å². The summed E-state index contributed by atoms with van der Waals surface area (Å²) < 4.78 is 30.3. The number of carbonyl (C=O) groups is 2. The van der Waals surface area contributed by atoms with Crippen LogP contribution >= 0.6 is 7.82 Å². The van der Waals surface area contributed by atoms with E-state index in [9.17, 15) is 19.0 Å². The van der Waals surface area contributed by atoms with Crippen molar-refractivity contribution < 1.29 is 37.3 Å². The van der Waals surface area contributed by atoms with Crippen LogP contribution in [0, 0.1) is 0 Å². The number of nitrogens with one attached hydrogen (secondary N) is 1. The first-order valence-corrected chi connectivity index (χ1v) is 33.8. The second-order valence-electron chi connectivity index (χ2n) is 22.5. The average molecular weight is 1130 g/mol. The van der Waals surface area contributed by atoms with Crippen LogP contribution in [-0.2, 0) is 27.9 Å². The number of rotatable bonds is 57. The minimum atomic E-state index is -4.72. The van der Waals surface area contributed by atoms with Crippen LogP contribution in [0.3, 0.4) is 0 Å². The van der Waals surface area contributed by atoms with E-state index in [1.807, 2.05) is 33.3 Å². The van der Waals surface area contributed by atoms with Gasteiger partial charge in [0.1, 0.15) is 19.3 Å². The maximum atomic E-state index is 13.6. The number of phosphoric acid groups is 1. The smallest absolute Gasteiger partial charge is 0.306 e. The molecule has 0 aliphatic heterocycles. The fourth-order valence-electron chi connectivity index (χ4n) is 8.65. The average Bonchev–Trinajstić information content (AvgIpc) is 3.42. The number of esters is 1. The van der Waals surface area contributed by atoms with Crippen molar-refractivity contribution in [3.8, 4) is 0 Å². The van der Waals surface area contributed by atoms with Gasteiger partial charge >= 0.3 is 5.97 Å². The summed E-state index contributed by atoms with van der Waals surface area (Å²) in [5.41, 5.74) is 0. The lowest BCUT2D eigenvalue weighted by atomic mass is 10.0. The molecule has 0 aromatic heterocycles. The van der Waals surface area contributed by atoms with Crippen molar-refractivity contribution >= 4 is 19.7 Å². The third kappa shape index (κ3) is 59.0. The molecule has 0 radical (unpaired) electrons. The van der Waals surface area contributed by atoms with Gasteiger partial charge in [-0.05, 0) is 122 Å². The molecule has 0 fully saturated rings. The zero-order valence-electron chi connectivity index (χ0n) is 52.2. The van der Waals surface area contributed by atoms with E-state index in [1.165, 1.54) is 77.0 Å². The number of unbranched alkanes of at least 4 members (excludes halogenated alkanes) is 23. The zero-order chi connectivity index (χ0) is 58.6. The van der Waals surface area contributed by atoms with Crippen LogP contribution in [-0.4, -0.2) is 69.4 Å². The molecule has 0 saturated heterocycles. The van der Waals surface area contributed by atoms with Crippen LogP contribution in [0.4, 0.5) is 0 Å². The van der Waals surface area contributed by atoms with Crippen LogP contribution in [0.1, 0.15) is 258 Å². The van der Waals surface area contributed by atoms with Gasteiger partial charge in [-0.2, -0.15) is 0 Å². The molecule has 9 nitrogen and oxygen atoms in total. The summed E-state index contributed by atoms with van der Waals surface area (Å²) in [7, 11) is 1.14. The number of amides is 1. The van der Waals surface area contributed by atoms with Gasteiger partial charge in [-0.25, -0.2) is 0 Å². The van der Waals surface area contributed by atoms with E-state index < -0.39 is 26.6 Å². The van der Waals surface area contributed by atoms with Crippen molar-refractivity contribution in [3.05, 3.63) is 122 Å². The van der Waals surface area contributed by atoms with E-state index in [0.29, 0.717) is 23.9 Å². The number of nitrogens with zero attached hydrogens (tertiary/aromatic N) is 1. The Kier molecular flexibility index (Phi) is 56.0. The van der Waals surface area contributed by atoms with E-state index in [2.05, 4.69) is 135 Å². The normalized spacial score (nSPS) is 14.4. The lowest BCUT2D eigenvalue weighted by molar-refractivity contribution is -0.870. The number of carbonyl (C=O) groups excluding carboxylic acids is 2. The predicted molar refractivity (Wildman–Crippen MR) is 343 cm³/mol. The second-order valence-corrected chi connectivity index (χ2v) is 23.9. The number of hydrogen-bond acceptors (Lipinski definition) is 7. The van der Waals surface area contributed by atoms with Crippen molar-refractivity contribution in [2.24, 2.45) is 0 Å². The first kappa shape index (κ1) is 76.4. The minimum absolute atomic E-state index is 0.0365. The van der Waals surface area contributed by atoms with Crippen LogP contribution in [0.2, 0.25) is 0 Å².